The SMILES string of the molecule is O=C(C#Cc1ccc2c(c1)OCO2)N1CCCCC1. The highest BCUT2D eigenvalue weighted by atomic mass is 16.7. The van der Waals surface area contributed by atoms with Gasteiger partial charge in [-0.3, -0.25) is 4.79 Å². The van der Waals surface area contributed by atoms with E-state index in [9.17, 15) is 4.79 Å². The van der Waals surface area contributed by atoms with Gasteiger partial charge in [0.05, 0.1) is 0 Å². The number of benzene rings is 1. The van der Waals surface area contributed by atoms with E-state index in [0.717, 1.165) is 37.2 Å². The third-order valence-electron chi connectivity index (χ3n) is 3.33. The Morgan fingerprint density at radius 3 is 2.74 bits per heavy atom. The number of fused-ring (bicyclic) bond motifs is 1. The van der Waals surface area contributed by atoms with Crippen molar-refractivity contribution >= 4 is 5.91 Å². The molecule has 2 heterocycles. The Kier molecular flexibility index (Phi) is 3.28. The van der Waals surface area contributed by atoms with Crippen LogP contribution < -0.4 is 9.47 Å². The van der Waals surface area contributed by atoms with Gasteiger partial charge in [-0.1, -0.05) is 5.92 Å². The average molecular weight is 257 g/mol. The van der Waals surface area contributed by atoms with Crippen LogP contribution in [0.4, 0.5) is 0 Å². The summed E-state index contributed by atoms with van der Waals surface area (Å²) < 4.78 is 10.5. The number of amides is 1. The number of piperidine rings is 1. The van der Waals surface area contributed by atoms with Gasteiger partial charge in [-0.25, -0.2) is 0 Å². The second kappa shape index (κ2) is 5.23. The van der Waals surface area contributed by atoms with Crippen molar-refractivity contribution in [3.8, 4) is 23.3 Å². The number of carbonyl (C=O) groups excluding carboxylic acids is 1. The van der Waals surface area contributed by atoms with E-state index in [-0.39, 0.29) is 12.7 Å². The topological polar surface area (TPSA) is 38.8 Å². The summed E-state index contributed by atoms with van der Waals surface area (Å²) in [4.78, 5) is 13.7. The van der Waals surface area contributed by atoms with E-state index in [0.29, 0.717) is 5.75 Å². The van der Waals surface area contributed by atoms with E-state index in [1.54, 1.807) is 6.07 Å². The number of nitrogens with zero attached hydrogens (tertiary/aromatic N) is 1. The molecule has 0 atom stereocenters. The van der Waals surface area contributed by atoms with Crippen LogP contribution in [0.15, 0.2) is 18.2 Å². The average Bonchev–Trinajstić information content (AvgIpc) is 2.93. The van der Waals surface area contributed by atoms with Gasteiger partial charge < -0.3 is 14.4 Å². The number of hydrogen-bond acceptors (Lipinski definition) is 3. The van der Waals surface area contributed by atoms with Crippen molar-refractivity contribution in [3.05, 3.63) is 23.8 Å². The van der Waals surface area contributed by atoms with E-state index >= 15 is 0 Å². The maximum atomic E-state index is 11.9. The van der Waals surface area contributed by atoms with Gasteiger partial charge in [0.2, 0.25) is 6.79 Å². The van der Waals surface area contributed by atoms with E-state index in [1.165, 1.54) is 6.42 Å². The van der Waals surface area contributed by atoms with Crippen LogP contribution >= 0.6 is 0 Å². The number of hydrogen-bond donors (Lipinski definition) is 0. The van der Waals surface area contributed by atoms with Crippen molar-refractivity contribution in [1.29, 1.82) is 0 Å². The second-order valence-electron chi connectivity index (χ2n) is 4.67. The lowest BCUT2D eigenvalue weighted by Crippen LogP contribution is -2.34. The summed E-state index contributed by atoms with van der Waals surface area (Å²) in [5, 5.41) is 0. The molecule has 2 aliphatic rings. The van der Waals surface area contributed by atoms with Crippen LogP contribution in [0.2, 0.25) is 0 Å². The van der Waals surface area contributed by atoms with Crippen molar-refractivity contribution in [2.24, 2.45) is 0 Å². The van der Waals surface area contributed by atoms with Crippen molar-refractivity contribution in [2.75, 3.05) is 19.9 Å². The first-order chi connectivity index (χ1) is 9.33. The molecular formula is C15H15NO3. The Bertz CT molecular complexity index is 550. The van der Waals surface area contributed by atoms with Crippen LogP contribution in [-0.2, 0) is 4.79 Å². The molecule has 0 aromatic heterocycles. The maximum Gasteiger partial charge on any atom is 0.298 e. The molecular weight excluding hydrogens is 242 g/mol. The number of rotatable bonds is 0. The van der Waals surface area contributed by atoms with Crippen molar-refractivity contribution in [3.63, 3.8) is 0 Å². The largest absolute Gasteiger partial charge is 0.454 e. The van der Waals surface area contributed by atoms with Crippen molar-refractivity contribution < 1.29 is 14.3 Å². The molecule has 98 valence electrons. The standard InChI is InChI=1S/C15H15NO3/c17-15(16-8-2-1-3-9-16)7-5-12-4-6-13-14(10-12)19-11-18-13/h4,6,10H,1-3,8-9,11H2. The van der Waals surface area contributed by atoms with Gasteiger partial charge in [-0.2, -0.15) is 0 Å². The summed E-state index contributed by atoms with van der Waals surface area (Å²) in [6.45, 7) is 1.90. The molecule has 1 amide bonds. The van der Waals surface area contributed by atoms with Gasteiger partial charge in [-0.05, 0) is 37.5 Å². The zero-order chi connectivity index (χ0) is 13.1. The predicted octanol–water partition coefficient (Wildman–Crippen LogP) is 1.78. The van der Waals surface area contributed by atoms with E-state index in [2.05, 4.69) is 11.8 Å². The van der Waals surface area contributed by atoms with Gasteiger partial charge in [-0.15, -0.1) is 0 Å². The van der Waals surface area contributed by atoms with Crippen LogP contribution in [0.5, 0.6) is 11.5 Å². The Morgan fingerprint density at radius 1 is 1.11 bits per heavy atom. The third kappa shape index (κ3) is 2.65. The lowest BCUT2D eigenvalue weighted by molar-refractivity contribution is -0.125. The van der Waals surface area contributed by atoms with Gasteiger partial charge in [0, 0.05) is 24.6 Å². The van der Waals surface area contributed by atoms with Gasteiger partial charge >= 0.3 is 0 Å². The Hall–Kier alpha value is -2.15. The molecule has 0 saturated carbocycles. The van der Waals surface area contributed by atoms with Crippen LogP contribution in [0.3, 0.4) is 0 Å². The van der Waals surface area contributed by atoms with Crippen LogP contribution in [0.1, 0.15) is 24.8 Å². The Labute approximate surface area is 112 Å². The molecule has 1 saturated heterocycles. The molecule has 0 bridgehead atoms. The maximum absolute atomic E-state index is 11.9. The molecule has 2 aliphatic heterocycles. The predicted molar refractivity (Wildman–Crippen MR) is 69.9 cm³/mol. The van der Waals surface area contributed by atoms with Gasteiger partial charge in [0.1, 0.15) is 0 Å². The van der Waals surface area contributed by atoms with E-state index in [1.807, 2.05) is 17.0 Å². The molecule has 19 heavy (non-hydrogen) atoms. The van der Waals surface area contributed by atoms with Gasteiger partial charge in [0.15, 0.2) is 11.5 Å². The lowest BCUT2D eigenvalue weighted by Gasteiger charge is -2.24. The fourth-order valence-electron chi connectivity index (χ4n) is 2.28. The Morgan fingerprint density at radius 2 is 1.89 bits per heavy atom. The molecule has 1 fully saturated rings. The second-order valence-corrected chi connectivity index (χ2v) is 4.67. The summed E-state index contributed by atoms with van der Waals surface area (Å²) in [5.41, 5.74) is 0.773. The molecule has 3 rings (SSSR count). The summed E-state index contributed by atoms with van der Waals surface area (Å²) in [6, 6.07) is 5.46. The smallest absolute Gasteiger partial charge is 0.298 e. The molecule has 0 unspecified atom stereocenters. The van der Waals surface area contributed by atoms with Crippen LogP contribution in [0, 0.1) is 11.8 Å². The van der Waals surface area contributed by atoms with Crippen LogP contribution in [-0.4, -0.2) is 30.7 Å². The summed E-state index contributed by atoms with van der Waals surface area (Å²) in [7, 11) is 0. The van der Waals surface area contributed by atoms with Crippen molar-refractivity contribution in [1.82, 2.24) is 4.90 Å². The zero-order valence-electron chi connectivity index (χ0n) is 10.6. The first-order valence-corrected chi connectivity index (χ1v) is 6.53. The summed E-state index contributed by atoms with van der Waals surface area (Å²) in [5.74, 6) is 6.93. The Balaban J connectivity index is 1.71. The minimum Gasteiger partial charge on any atom is -0.454 e. The fraction of sp³-hybridized carbons (Fsp3) is 0.400. The molecule has 4 nitrogen and oxygen atoms in total. The number of carbonyl (C=O) groups is 1. The molecule has 0 aliphatic carbocycles. The highest BCUT2D eigenvalue weighted by Crippen LogP contribution is 2.32. The van der Waals surface area contributed by atoms with E-state index < -0.39 is 0 Å². The van der Waals surface area contributed by atoms with Crippen molar-refractivity contribution in [2.45, 2.75) is 19.3 Å². The normalized spacial score (nSPS) is 16.7. The molecule has 1 aromatic rings. The molecule has 0 N–H and O–H groups in total. The first-order valence-electron chi connectivity index (χ1n) is 6.53. The molecule has 4 heteroatoms. The molecule has 0 spiro atoms. The fourth-order valence-corrected chi connectivity index (χ4v) is 2.28. The first kappa shape index (κ1) is 11.9. The highest BCUT2D eigenvalue weighted by Gasteiger charge is 2.15. The summed E-state index contributed by atoms with van der Waals surface area (Å²) >= 11 is 0. The van der Waals surface area contributed by atoms with Gasteiger partial charge in [0.25, 0.3) is 5.91 Å². The molecule has 0 radical (unpaired) electrons. The minimum atomic E-state index is -0.0858. The molecule has 1 aromatic carbocycles. The quantitative estimate of drug-likeness (QED) is 0.665. The third-order valence-corrected chi connectivity index (χ3v) is 3.33. The zero-order valence-corrected chi connectivity index (χ0v) is 10.6. The van der Waals surface area contributed by atoms with E-state index in [4.69, 9.17) is 9.47 Å². The lowest BCUT2D eigenvalue weighted by atomic mass is 10.1. The summed E-state index contributed by atoms with van der Waals surface area (Å²) in [6.07, 6.45) is 3.37. The minimum absolute atomic E-state index is 0.0858. The van der Waals surface area contributed by atoms with Crippen LogP contribution in [0.25, 0.3) is 0 Å². The highest BCUT2D eigenvalue weighted by molar-refractivity contribution is 5.94. The number of ether oxygens (including phenoxy) is 2. The monoisotopic (exact) mass is 257 g/mol. The number of likely N-dealkylation sites (tertiary alicyclic amines) is 1.